The van der Waals surface area contributed by atoms with Gasteiger partial charge in [-0.25, -0.2) is 5.43 Å². The smallest absolute Gasteiger partial charge is 0.390 e. The summed E-state index contributed by atoms with van der Waals surface area (Å²) in [5, 5.41) is 41.3. The Morgan fingerprint density at radius 2 is 1.65 bits per heavy atom. The van der Waals surface area contributed by atoms with Crippen LogP contribution in [0.15, 0.2) is 71.8 Å². The summed E-state index contributed by atoms with van der Waals surface area (Å²) >= 11 is 0. The first-order chi connectivity index (χ1) is 20.5. The number of aryl methyl sites for hydroxylation is 1. The molecule has 0 saturated carbocycles. The quantitative estimate of drug-likeness (QED) is 0.134. The number of non-ortho nitro benzene ring substituents is 1. The summed E-state index contributed by atoms with van der Waals surface area (Å²) in [5.41, 5.74) is 3.63. The number of hydrogen-bond donors (Lipinski definition) is 1. The number of carbonyl (C=O) groups is 1. The molecule has 1 heterocycles. The molecule has 4 rings (SSSR count). The topological polar surface area (TPSA) is 207 Å². The minimum absolute atomic E-state index is 0.125. The number of ether oxygens (including phenoxy) is 2. The third kappa shape index (κ3) is 7.31. The predicted molar refractivity (Wildman–Crippen MR) is 152 cm³/mol. The molecule has 0 fully saturated rings. The van der Waals surface area contributed by atoms with Gasteiger partial charge in [-0.2, -0.15) is 9.78 Å². The Balaban J connectivity index is 1.42. The van der Waals surface area contributed by atoms with Crippen LogP contribution in [-0.4, -0.2) is 43.3 Å². The van der Waals surface area contributed by atoms with Gasteiger partial charge < -0.3 is 19.6 Å². The molecule has 43 heavy (non-hydrogen) atoms. The van der Waals surface area contributed by atoms with E-state index in [0.717, 1.165) is 23.8 Å². The summed E-state index contributed by atoms with van der Waals surface area (Å²) < 4.78 is 12.8. The van der Waals surface area contributed by atoms with E-state index >= 15 is 0 Å². The summed E-state index contributed by atoms with van der Waals surface area (Å²) in [6, 6.07) is 15.6. The Bertz CT molecular complexity index is 1730. The van der Waals surface area contributed by atoms with Crippen LogP contribution in [0.1, 0.15) is 34.1 Å². The maximum Gasteiger partial charge on any atom is 0.390 e. The minimum atomic E-state index is -0.783. The van der Waals surface area contributed by atoms with E-state index in [1.54, 1.807) is 50.2 Å². The fraction of sp³-hybridized carbons (Fsp3) is 0.148. The normalized spacial score (nSPS) is 10.8. The molecule has 16 nitrogen and oxygen atoms in total. The number of nitro groups is 3. The third-order valence-electron chi connectivity index (χ3n) is 5.92. The van der Waals surface area contributed by atoms with Gasteiger partial charge >= 0.3 is 11.5 Å². The molecule has 0 aliphatic rings. The molecular weight excluding hydrogens is 566 g/mol. The first-order valence-electron chi connectivity index (χ1n) is 12.5. The van der Waals surface area contributed by atoms with E-state index in [9.17, 15) is 35.1 Å². The zero-order valence-electron chi connectivity index (χ0n) is 22.7. The van der Waals surface area contributed by atoms with Crippen LogP contribution in [0.3, 0.4) is 0 Å². The molecule has 16 heteroatoms. The molecule has 0 atom stereocenters. The average Bonchev–Trinajstić information content (AvgIpc) is 3.34. The van der Waals surface area contributed by atoms with Crippen molar-refractivity contribution in [2.45, 2.75) is 20.4 Å². The number of aromatic nitrogens is 2. The summed E-state index contributed by atoms with van der Waals surface area (Å²) in [6.45, 7) is 3.97. The lowest BCUT2D eigenvalue weighted by Crippen LogP contribution is -2.17. The van der Waals surface area contributed by atoms with Crippen LogP contribution < -0.4 is 14.9 Å². The number of hydrazone groups is 1. The Labute approximate surface area is 242 Å². The molecule has 0 radical (unpaired) electrons. The molecule has 3 aromatic carbocycles. The summed E-state index contributed by atoms with van der Waals surface area (Å²) in [5.74, 6) is -0.587. The molecule has 1 N–H and O–H groups in total. The molecular formula is C27H23N7O9. The van der Waals surface area contributed by atoms with Crippen molar-refractivity contribution in [3.05, 3.63) is 119 Å². The molecule has 0 bridgehead atoms. The summed E-state index contributed by atoms with van der Waals surface area (Å²) in [4.78, 5) is 43.8. The van der Waals surface area contributed by atoms with E-state index in [1.165, 1.54) is 23.0 Å². The van der Waals surface area contributed by atoms with Crippen LogP contribution in [0.4, 0.5) is 17.2 Å². The second-order valence-corrected chi connectivity index (χ2v) is 8.86. The minimum Gasteiger partial charge on any atom is -0.490 e. The maximum atomic E-state index is 12.6. The van der Waals surface area contributed by atoms with Crippen molar-refractivity contribution in [3.8, 4) is 17.2 Å². The van der Waals surface area contributed by atoms with E-state index in [1.807, 2.05) is 0 Å². The highest BCUT2D eigenvalue weighted by Gasteiger charge is 2.22. The van der Waals surface area contributed by atoms with Crippen molar-refractivity contribution in [1.82, 2.24) is 15.2 Å². The first-order valence-corrected chi connectivity index (χ1v) is 12.5. The molecule has 0 saturated heterocycles. The number of carbonyl (C=O) groups excluding carboxylic acids is 1. The second kappa shape index (κ2) is 13.0. The molecule has 220 valence electrons. The van der Waals surface area contributed by atoms with Gasteiger partial charge in [0.25, 0.3) is 11.6 Å². The van der Waals surface area contributed by atoms with E-state index in [2.05, 4.69) is 15.6 Å². The first kappa shape index (κ1) is 29.8. The van der Waals surface area contributed by atoms with Gasteiger partial charge in [-0.15, -0.1) is 0 Å². The average molecular weight is 590 g/mol. The zero-order chi connectivity index (χ0) is 31.1. The van der Waals surface area contributed by atoms with Gasteiger partial charge in [-0.3, -0.25) is 25.0 Å². The van der Waals surface area contributed by atoms with E-state index in [0.29, 0.717) is 23.4 Å². The second-order valence-electron chi connectivity index (χ2n) is 8.86. The van der Waals surface area contributed by atoms with Crippen molar-refractivity contribution in [1.29, 1.82) is 0 Å². The van der Waals surface area contributed by atoms with Crippen molar-refractivity contribution in [3.63, 3.8) is 0 Å². The van der Waals surface area contributed by atoms with Gasteiger partial charge in [-0.05, 0) is 66.3 Å². The van der Waals surface area contributed by atoms with E-state index in [4.69, 9.17) is 9.47 Å². The van der Waals surface area contributed by atoms with Crippen LogP contribution >= 0.6 is 0 Å². The van der Waals surface area contributed by atoms with Gasteiger partial charge in [0.15, 0.2) is 11.5 Å². The third-order valence-corrected chi connectivity index (χ3v) is 5.92. The van der Waals surface area contributed by atoms with Crippen LogP contribution in [-0.2, 0) is 6.54 Å². The molecule has 1 aromatic heterocycles. The highest BCUT2D eigenvalue weighted by molar-refractivity contribution is 5.95. The van der Waals surface area contributed by atoms with Gasteiger partial charge in [0.2, 0.25) is 5.75 Å². The SMILES string of the molecule is CCOc1cc(/C=N\NC(=O)c2ccc(Cn3nc([N+](=O)[O-])cc3C)cc2)ccc1Oc1ccc([N+](=O)[O-])cc1[N+](=O)[O-]. The van der Waals surface area contributed by atoms with Gasteiger partial charge in [0.1, 0.15) is 0 Å². The van der Waals surface area contributed by atoms with Crippen LogP contribution in [0, 0.1) is 37.3 Å². The predicted octanol–water partition coefficient (Wildman–Crippen LogP) is 4.92. The van der Waals surface area contributed by atoms with E-state index < -0.39 is 32.1 Å². The maximum absolute atomic E-state index is 12.6. The molecule has 0 unspecified atom stereocenters. The van der Waals surface area contributed by atoms with Crippen LogP contribution in [0.5, 0.6) is 17.2 Å². The number of nitro benzene ring substituents is 2. The Morgan fingerprint density at radius 1 is 0.930 bits per heavy atom. The molecule has 1 amide bonds. The number of hydrogen-bond acceptors (Lipinski definition) is 11. The van der Waals surface area contributed by atoms with Crippen molar-refractivity contribution >= 4 is 29.3 Å². The lowest BCUT2D eigenvalue weighted by atomic mass is 10.1. The zero-order valence-corrected chi connectivity index (χ0v) is 22.7. The fourth-order valence-electron chi connectivity index (χ4n) is 3.83. The lowest BCUT2D eigenvalue weighted by Gasteiger charge is -2.12. The highest BCUT2D eigenvalue weighted by atomic mass is 16.6. The number of rotatable bonds is 12. The van der Waals surface area contributed by atoms with Crippen molar-refractivity contribution < 1.29 is 29.0 Å². The van der Waals surface area contributed by atoms with Gasteiger partial charge in [0, 0.05) is 11.6 Å². The number of nitrogens with zero attached hydrogens (tertiary/aromatic N) is 6. The van der Waals surface area contributed by atoms with Crippen molar-refractivity contribution in [2.75, 3.05) is 6.61 Å². The molecule has 4 aromatic rings. The van der Waals surface area contributed by atoms with E-state index in [-0.39, 0.29) is 29.7 Å². The fourth-order valence-corrected chi connectivity index (χ4v) is 3.83. The number of nitrogens with one attached hydrogen (secondary N) is 1. The summed E-state index contributed by atoms with van der Waals surface area (Å²) in [7, 11) is 0. The van der Waals surface area contributed by atoms with Crippen LogP contribution in [0.25, 0.3) is 0 Å². The van der Waals surface area contributed by atoms with Gasteiger partial charge in [-0.1, -0.05) is 12.1 Å². The molecule has 0 aliphatic carbocycles. The number of benzene rings is 3. The Morgan fingerprint density at radius 3 is 2.28 bits per heavy atom. The lowest BCUT2D eigenvalue weighted by molar-refractivity contribution is -0.394. The Kier molecular flexibility index (Phi) is 8.99. The number of amides is 1. The highest BCUT2D eigenvalue weighted by Crippen LogP contribution is 2.38. The van der Waals surface area contributed by atoms with Crippen molar-refractivity contribution in [2.24, 2.45) is 5.10 Å². The van der Waals surface area contributed by atoms with Crippen LogP contribution in [0.2, 0.25) is 0 Å². The largest absolute Gasteiger partial charge is 0.490 e. The van der Waals surface area contributed by atoms with Gasteiger partial charge in [0.05, 0.1) is 52.1 Å². The summed E-state index contributed by atoms with van der Waals surface area (Å²) in [6.07, 6.45) is 1.36. The monoisotopic (exact) mass is 589 g/mol. The standard InChI is InChI=1S/C27H23N7O9/c1-3-42-25-13-19(6-10-24(25)43-23-11-9-21(32(36)37)14-22(23)33(38)39)15-28-29-27(35)20-7-4-18(5-8-20)16-31-17(2)12-26(30-31)34(40)41/h4-15H,3,16H2,1-2H3,(H,29,35)/b28-15-. The molecule has 0 aliphatic heterocycles. The molecule has 0 spiro atoms. The Hall–Kier alpha value is -6.19.